The number of ether oxygens (including phenoxy) is 1. The number of rotatable bonds is 2. The molecule has 1 aliphatic heterocycles. The first kappa shape index (κ1) is 14.3. The number of imidazole rings is 1. The molecule has 3 heterocycles. The Morgan fingerprint density at radius 3 is 2.90 bits per heavy atom. The van der Waals surface area contributed by atoms with E-state index >= 15 is 0 Å². The van der Waals surface area contributed by atoms with Crippen LogP contribution in [0.1, 0.15) is 13.8 Å². The molecule has 114 valence electrons. The van der Waals surface area contributed by atoms with Crippen molar-refractivity contribution >= 4 is 21.5 Å². The van der Waals surface area contributed by atoms with Crippen molar-refractivity contribution in [3.8, 4) is 0 Å². The summed E-state index contributed by atoms with van der Waals surface area (Å²) in [6, 6.07) is 5.02. The molecular weight excluding hydrogens is 292 g/mol. The van der Waals surface area contributed by atoms with E-state index in [4.69, 9.17) is 10.5 Å². The molecule has 0 amide bonds. The van der Waals surface area contributed by atoms with Crippen molar-refractivity contribution in [3.05, 3.63) is 24.4 Å². The molecule has 2 unspecified atom stereocenters. The summed E-state index contributed by atoms with van der Waals surface area (Å²) in [5.74, 6) is 0.0209. The van der Waals surface area contributed by atoms with Crippen molar-refractivity contribution in [1.29, 1.82) is 0 Å². The molecule has 2 N–H and O–H groups in total. The van der Waals surface area contributed by atoms with E-state index in [2.05, 4.69) is 4.98 Å². The first-order valence-corrected chi connectivity index (χ1v) is 8.21. The number of anilines is 1. The summed E-state index contributed by atoms with van der Waals surface area (Å²) < 4.78 is 34.4. The molecular formula is C13H18N4O3S. The van der Waals surface area contributed by atoms with Gasteiger partial charge in [-0.1, -0.05) is 6.07 Å². The summed E-state index contributed by atoms with van der Waals surface area (Å²) >= 11 is 0. The topological polar surface area (TPSA) is 89.9 Å². The Kier molecular flexibility index (Phi) is 3.39. The Labute approximate surface area is 123 Å². The van der Waals surface area contributed by atoms with Gasteiger partial charge in [-0.05, 0) is 26.0 Å². The fourth-order valence-electron chi connectivity index (χ4n) is 2.57. The summed E-state index contributed by atoms with van der Waals surface area (Å²) in [4.78, 5) is 4.12. The van der Waals surface area contributed by atoms with Gasteiger partial charge in [0.1, 0.15) is 5.65 Å². The van der Waals surface area contributed by atoms with Crippen LogP contribution >= 0.6 is 0 Å². The van der Waals surface area contributed by atoms with E-state index in [1.54, 1.807) is 24.4 Å². The van der Waals surface area contributed by atoms with Crippen LogP contribution in [0.5, 0.6) is 0 Å². The highest BCUT2D eigenvalue weighted by atomic mass is 32.2. The molecule has 8 heteroatoms. The van der Waals surface area contributed by atoms with Crippen molar-refractivity contribution in [2.24, 2.45) is 0 Å². The van der Waals surface area contributed by atoms with Crippen LogP contribution in [0, 0.1) is 0 Å². The molecule has 3 rings (SSSR count). The first-order valence-electron chi connectivity index (χ1n) is 6.77. The Bertz CT molecular complexity index is 771. The number of aromatic nitrogens is 2. The second kappa shape index (κ2) is 4.97. The average molecular weight is 310 g/mol. The van der Waals surface area contributed by atoms with Gasteiger partial charge in [-0.15, -0.1) is 0 Å². The summed E-state index contributed by atoms with van der Waals surface area (Å²) in [5, 5.41) is 0.0269. The minimum absolute atomic E-state index is 0.0209. The van der Waals surface area contributed by atoms with Gasteiger partial charge in [0.05, 0.1) is 12.7 Å². The van der Waals surface area contributed by atoms with Gasteiger partial charge in [-0.2, -0.15) is 4.31 Å². The zero-order valence-corrected chi connectivity index (χ0v) is 12.7. The number of nitrogen functional groups attached to an aromatic ring is 1. The highest BCUT2D eigenvalue weighted by Crippen LogP contribution is 2.27. The highest BCUT2D eigenvalue weighted by Gasteiger charge is 2.37. The summed E-state index contributed by atoms with van der Waals surface area (Å²) in [7, 11) is -3.73. The number of hydrogen-bond donors (Lipinski definition) is 1. The van der Waals surface area contributed by atoms with Crippen LogP contribution in [-0.2, 0) is 14.8 Å². The van der Waals surface area contributed by atoms with Crippen molar-refractivity contribution in [2.45, 2.75) is 31.0 Å². The number of fused-ring (bicyclic) bond motifs is 1. The normalized spacial score (nSPS) is 24.5. The van der Waals surface area contributed by atoms with Crippen molar-refractivity contribution in [3.63, 3.8) is 0 Å². The molecule has 2 aromatic heterocycles. The maximum atomic E-state index is 13.0. The number of pyridine rings is 1. The highest BCUT2D eigenvalue weighted by molar-refractivity contribution is 7.89. The van der Waals surface area contributed by atoms with Gasteiger partial charge in [0, 0.05) is 18.8 Å². The molecule has 0 aliphatic carbocycles. The van der Waals surface area contributed by atoms with Crippen molar-refractivity contribution < 1.29 is 13.2 Å². The summed E-state index contributed by atoms with van der Waals surface area (Å²) in [6.45, 7) is 4.36. The van der Waals surface area contributed by atoms with Gasteiger partial charge < -0.3 is 10.5 Å². The fourth-order valence-corrected chi connectivity index (χ4v) is 4.44. The van der Waals surface area contributed by atoms with Crippen LogP contribution in [0.15, 0.2) is 29.4 Å². The SMILES string of the molecule is CC1CN(S(=O)(=O)c2c(N)nc3ccccn23)C(C)CO1. The molecule has 21 heavy (non-hydrogen) atoms. The second-order valence-electron chi connectivity index (χ2n) is 5.30. The molecule has 1 aliphatic rings. The van der Waals surface area contributed by atoms with E-state index in [9.17, 15) is 8.42 Å². The summed E-state index contributed by atoms with van der Waals surface area (Å²) in [6.07, 6.45) is 1.51. The molecule has 0 spiro atoms. The Morgan fingerprint density at radius 1 is 1.38 bits per heavy atom. The zero-order valence-electron chi connectivity index (χ0n) is 11.9. The van der Waals surface area contributed by atoms with Crippen molar-refractivity contribution in [1.82, 2.24) is 13.7 Å². The van der Waals surface area contributed by atoms with E-state index < -0.39 is 10.0 Å². The third-order valence-electron chi connectivity index (χ3n) is 3.61. The minimum atomic E-state index is -3.73. The lowest BCUT2D eigenvalue weighted by atomic mass is 10.2. The third kappa shape index (κ3) is 2.29. The quantitative estimate of drug-likeness (QED) is 0.882. The van der Waals surface area contributed by atoms with Crippen LogP contribution in [0.2, 0.25) is 0 Å². The standard InChI is InChI=1S/C13H18N4O3S/c1-9-8-20-10(2)7-17(9)21(18,19)13-12(14)15-11-5-3-4-6-16(11)13/h3-6,9-10H,7-8,14H2,1-2H3. The lowest BCUT2D eigenvalue weighted by Crippen LogP contribution is -2.50. The molecule has 0 bridgehead atoms. The van der Waals surface area contributed by atoms with Gasteiger partial charge in [0.25, 0.3) is 10.0 Å². The van der Waals surface area contributed by atoms with E-state index in [1.807, 2.05) is 13.8 Å². The fraction of sp³-hybridized carbons (Fsp3) is 0.462. The molecule has 0 radical (unpaired) electrons. The first-order chi connectivity index (χ1) is 9.91. The molecule has 1 fully saturated rings. The number of sulfonamides is 1. The number of nitrogens with two attached hydrogens (primary N) is 1. The van der Waals surface area contributed by atoms with Crippen LogP contribution in [0.3, 0.4) is 0 Å². The lowest BCUT2D eigenvalue weighted by Gasteiger charge is -2.35. The largest absolute Gasteiger partial charge is 0.381 e. The number of morpholine rings is 1. The lowest BCUT2D eigenvalue weighted by molar-refractivity contribution is -0.0171. The molecule has 7 nitrogen and oxygen atoms in total. The van der Waals surface area contributed by atoms with E-state index in [-0.39, 0.29) is 23.0 Å². The Morgan fingerprint density at radius 2 is 2.14 bits per heavy atom. The van der Waals surface area contributed by atoms with Gasteiger partial charge in [0.2, 0.25) is 0 Å². The second-order valence-corrected chi connectivity index (χ2v) is 7.10. The van der Waals surface area contributed by atoms with Gasteiger partial charge in [-0.25, -0.2) is 13.4 Å². The average Bonchev–Trinajstić information content (AvgIpc) is 2.77. The van der Waals surface area contributed by atoms with E-state index in [1.165, 1.54) is 8.71 Å². The molecule has 0 aromatic carbocycles. The van der Waals surface area contributed by atoms with E-state index in [0.29, 0.717) is 18.8 Å². The smallest absolute Gasteiger partial charge is 0.263 e. The van der Waals surface area contributed by atoms with Gasteiger partial charge >= 0.3 is 0 Å². The van der Waals surface area contributed by atoms with Gasteiger partial charge in [-0.3, -0.25) is 4.40 Å². The maximum Gasteiger partial charge on any atom is 0.263 e. The van der Waals surface area contributed by atoms with Crippen LogP contribution < -0.4 is 5.73 Å². The minimum Gasteiger partial charge on any atom is -0.381 e. The van der Waals surface area contributed by atoms with Crippen molar-refractivity contribution in [2.75, 3.05) is 18.9 Å². The van der Waals surface area contributed by atoms with Crippen LogP contribution in [0.25, 0.3) is 5.65 Å². The van der Waals surface area contributed by atoms with Crippen LogP contribution in [0.4, 0.5) is 5.82 Å². The van der Waals surface area contributed by atoms with Gasteiger partial charge in [0.15, 0.2) is 10.8 Å². The monoisotopic (exact) mass is 310 g/mol. The number of hydrogen-bond acceptors (Lipinski definition) is 5. The number of nitrogens with zero attached hydrogens (tertiary/aromatic N) is 3. The predicted octanol–water partition coefficient (Wildman–Crippen LogP) is 0.714. The molecule has 2 aromatic rings. The molecule has 0 saturated carbocycles. The third-order valence-corrected chi connectivity index (χ3v) is 5.64. The maximum absolute atomic E-state index is 13.0. The summed E-state index contributed by atoms with van der Waals surface area (Å²) in [5.41, 5.74) is 6.37. The Hall–Kier alpha value is -1.64. The predicted molar refractivity (Wildman–Crippen MR) is 78.4 cm³/mol. The molecule has 1 saturated heterocycles. The van der Waals surface area contributed by atoms with Crippen LogP contribution in [-0.4, -0.2) is 47.4 Å². The molecule has 2 atom stereocenters. The van der Waals surface area contributed by atoms with E-state index in [0.717, 1.165) is 0 Å². The Balaban J connectivity index is 2.14. The zero-order chi connectivity index (χ0) is 15.2.